The second-order valence-corrected chi connectivity index (χ2v) is 20.9. The van der Waals surface area contributed by atoms with Crippen molar-refractivity contribution in [1.82, 2.24) is 0 Å². The fourth-order valence-corrected chi connectivity index (χ4v) is 9.08. The molecule has 11 nitrogen and oxygen atoms in total. The molecular weight excluding hydrogens is 880 g/mol. The molecule has 0 radical (unpaired) electrons. The van der Waals surface area contributed by atoms with E-state index in [1.54, 1.807) is 0 Å². The number of esters is 3. The summed E-state index contributed by atoms with van der Waals surface area (Å²) in [4.78, 5) is 48.4. The SMILES string of the molecule is CCCCCC/C=C\CCCCCCCC(=O)OCC(COP(=O)(O)OCC(CO)OC(=O)CCCCCCCCCCCCCCC)OC(=O)CCCCCCCCCCCCCCCCC. The van der Waals surface area contributed by atoms with E-state index in [1.807, 2.05) is 0 Å². The molecule has 3 atom stereocenters. The first kappa shape index (κ1) is 66.2. The molecule has 2 N–H and O–H groups in total. The molecule has 0 saturated heterocycles. The lowest BCUT2D eigenvalue weighted by Crippen LogP contribution is -2.30. The number of carbonyl (C=O) groups excluding carboxylic acids is 3. The van der Waals surface area contributed by atoms with Gasteiger partial charge in [-0.25, -0.2) is 4.57 Å². The largest absolute Gasteiger partial charge is 0.472 e. The third kappa shape index (κ3) is 49.2. The van der Waals surface area contributed by atoms with Crippen LogP contribution in [0.2, 0.25) is 0 Å². The van der Waals surface area contributed by atoms with Crippen LogP contribution in [0.15, 0.2) is 12.2 Å². The first-order chi connectivity index (χ1) is 33.2. The van der Waals surface area contributed by atoms with Gasteiger partial charge in [0.2, 0.25) is 0 Å². The zero-order chi connectivity index (χ0) is 49.9. The molecule has 0 heterocycles. The molecule has 0 aliphatic heterocycles. The van der Waals surface area contributed by atoms with Crippen molar-refractivity contribution in [2.45, 2.75) is 303 Å². The average Bonchev–Trinajstić information content (AvgIpc) is 3.32. The maximum absolute atomic E-state index is 12.9. The van der Waals surface area contributed by atoms with Crippen molar-refractivity contribution in [3.8, 4) is 0 Å². The quantitative estimate of drug-likeness (QED) is 0.0197. The maximum atomic E-state index is 12.9. The van der Waals surface area contributed by atoms with Crippen LogP contribution in [0.4, 0.5) is 0 Å². The van der Waals surface area contributed by atoms with Gasteiger partial charge in [0.25, 0.3) is 0 Å². The van der Waals surface area contributed by atoms with Gasteiger partial charge in [0.05, 0.1) is 19.8 Å². The monoisotopic (exact) mass is 987 g/mol. The van der Waals surface area contributed by atoms with E-state index in [4.69, 9.17) is 23.3 Å². The summed E-state index contributed by atoms with van der Waals surface area (Å²) >= 11 is 0. The minimum atomic E-state index is -4.73. The van der Waals surface area contributed by atoms with Gasteiger partial charge in [-0.05, 0) is 44.9 Å². The smallest absolute Gasteiger partial charge is 0.462 e. The zero-order valence-corrected chi connectivity index (χ0v) is 45.2. The Kier molecular flexibility index (Phi) is 50.2. The minimum absolute atomic E-state index is 0.174. The molecule has 0 aliphatic rings. The molecule has 0 rings (SSSR count). The predicted molar refractivity (Wildman–Crippen MR) is 280 cm³/mol. The number of hydrogen-bond acceptors (Lipinski definition) is 10. The first-order valence-corrected chi connectivity index (χ1v) is 30.1. The number of carbonyl (C=O) groups is 3. The lowest BCUT2D eigenvalue weighted by molar-refractivity contribution is -0.161. The van der Waals surface area contributed by atoms with Crippen molar-refractivity contribution in [1.29, 1.82) is 0 Å². The van der Waals surface area contributed by atoms with Crippen LogP contribution < -0.4 is 0 Å². The minimum Gasteiger partial charge on any atom is -0.462 e. The molecule has 0 saturated carbocycles. The summed E-state index contributed by atoms with van der Waals surface area (Å²) in [6, 6.07) is 0. The van der Waals surface area contributed by atoms with Crippen LogP contribution in [-0.2, 0) is 42.2 Å². The molecule has 0 amide bonds. The lowest BCUT2D eigenvalue weighted by Gasteiger charge is -2.21. The number of rotatable bonds is 54. The Morgan fingerprint density at radius 3 is 1.03 bits per heavy atom. The average molecular weight is 987 g/mol. The molecule has 0 spiro atoms. The maximum Gasteiger partial charge on any atom is 0.472 e. The Morgan fingerprint density at radius 1 is 0.397 bits per heavy atom. The highest BCUT2D eigenvalue weighted by Crippen LogP contribution is 2.43. The molecule has 68 heavy (non-hydrogen) atoms. The summed E-state index contributed by atoms with van der Waals surface area (Å²) in [6.45, 7) is 4.67. The highest BCUT2D eigenvalue weighted by molar-refractivity contribution is 7.47. The van der Waals surface area contributed by atoms with Crippen molar-refractivity contribution < 1.29 is 52.2 Å². The van der Waals surface area contributed by atoms with Crippen LogP contribution in [0.5, 0.6) is 0 Å². The van der Waals surface area contributed by atoms with Gasteiger partial charge in [0, 0.05) is 19.3 Å². The third-order valence-electron chi connectivity index (χ3n) is 12.7. The fourth-order valence-electron chi connectivity index (χ4n) is 8.29. The van der Waals surface area contributed by atoms with Crippen molar-refractivity contribution >= 4 is 25.7 Å². The van der Waals surface area contributed by atoms with Crippen LogP contribution in [0.3, 0.4) is 0 Å². The Balaban J connectivity index is 4.68. The number of phosphoric ester groups is 1. The van der Waals surface area contributed by atoms with Gasteiger partial charge in [-0.1, -0.05) is 238 Å². The van der Waals surface area contributed by atoms with E-state index in [2.05, 4.69) is 32.9 Å². The number of aliphatic hydroxyl groups is 1. The van der Waals surface area contributed by atoms with E-state index in [9.17, 15) is 28.9 Å². The van der Waals surface area contributed by atoms with Gasteiger partial charge < -0.3 is 24.2 Å². The number of unbranched alkanes of at least 4 members (excludes halogenated alkanes) is 35. The summed E-state index contributed by atoms with van der Waals surface area (Å²) in [5.74, 6) is -1.45. The van der Waals surface area contributed by atoms with Crippen molar-refractivity contribution in [2.75, 3.05) is 26.4 Å². The molecular formula is C56H107O11P. The zero-order valence-electron chi connectivity index (χ0n) is 44.4. The van der Waals surface area contributed by atoms with E-state index in [-0.39, 0.29) is 25.9 Å². The highest BCUT2D eigenvalue weighted by Gasteiger charge is 2.28. The molecule has 0 aromatic rings. The Hall–Kier alpha value is -1.78. The van der Waals surface area contributed by atoms with Crippen molar-refractivity contribution in [2.24, 2.45) is 0 Å². The van der Waals surface area contributed by atoms with Crippen molar-refractivity contribution in [3.63, 3.8) is 0 Å². The van der Waals surface area contributed by atoms with Gasteiger partial charge in [-0.15, -0.1) is 0 Å². The lowest BCUT2D eigenvalue weighted by atomic mass is 10.0. The molecule has 0 aliphatic carbocycles. The van der Waals surface area contributed by atoms with E-state index in [0.717, 1.165) is 77.0 Å². The molecule has 0 aromatic carbocycles. The van der Waals surface area contributed by atoms with Crippen LogP contribution in [0, 0.1) is 0 Å². The second-order valence-electron chi connectivity index (χ2n) is 19.5. The van der Waals surface area contributed by atoms with E-state index >= 15 is 0 Å². The Bertz CT molecular complexity index is 1200. The Labute approximate surface area is 417 Å². The van der Waals surface area contributed by atoms with E-state index in [0.29, 0.717) is 19.3 Å². The number of aliphatic hydroxyl groups excluding tert-OH is 1. The summed E-state index contributed by atoms with van der Waals surface area (Å²) in [5.41, 5.74) is 0. The molecule has 0 aromatic heterocycles. The van der Waals surface area contributed by atoms with Gasteiger partial charge in [0.15, 0.2) is 6.10 Å². The number of phosphoric acid groups is 1. The van der Waals surface area contributed by atoms with Crippen molar-refractivity contribution in [3.05, 3.63) is 12.2 Å². The van der Waals surface area contributed by atoms with Gasteiger partial charge in [-0.2, -0.15) is 0 Å². The summed E-state index contributed by atoms with van der Waals surface area (Å²) in [7, 11) is -4.73. The highest BCUT2D eigenvalue weighted by atomic mass is 31.2. The van der Waals surface area contributed by atoms with Gasteiger partial charge >= 0.3 is 25.7 Å². The predicted octanol–water partition coefficient (Wildman–Crippen LogP) is 16.5. The van der Waals surface area contributed by atoms with Crippen LogP contribution >= 0.6 is 7.82 Å². The number of allylic oxidation sites excluding steroid dienone is 2. The first-order valence-electron chi connectivity index (χ1n) is 28.6. The third-order valence-corrected chi connectivity index (χ3v) is 13.6. The van der Waals surface area contributed by atoms with Gasteiger partial charge in [0.1, 0.15) is 12.7 Å². The van der Waals surface area contributed by atoms with Crippen LogP contribution in [0.1, 0.15) is 290 Å². The fraction of sp³-hybridized carbons (Fsp3) is 0.911. The summed E-state index contributed by atoms with van der Waals surface area (Å²) < 4.78 is 39.5. The topological polar surface area (TPSA) is 155 Å². The van der Waals surface area contributed by atoms with E-state index in [1.165, 1.54) is 154 Å². The Morgan fingerprint density at radius 2 is 0.676 bits per heavy atom. The summed E-state index contributed by atoms with van der Waals surface area (Å²) in [5, 5.41) is 9.79. The second kappa shape index (κ2) is 51.6. The molecule has 0 bridgehead atoms. The molecule has 12 heteroatoms. The summed E-state index contributed by atoms with van der Waals surface area (Å²) in [6.07, 6.45) is 48.8. The molecule has 3 unspecified atom stereocenters. The van der Waals surface area contributed by atoms with Crippen LogP contribution in [-0.4, -0.2) is 66.5 Å². The normalized spacial score (nSPS) is 13.4. The molecule has 0 fully saturated rings. The van der Waals surface area contributed by atoms with E-state index < -0.39 is 57.8 Å². The van der Waals surface area contributed by atoms with Crippen LogP contribution in [0.25, 0.3) is 0 Å². The number of ether oxygens (including phenoxy) is 3. The van der Waals surface area contributed by atoms with Gasteiger partial charge in [-0.3, -0.25) is 23.4 Å². The molecule has 402 valence electrons. The standard InChI is InChI=1S/C56H107O11P/c1-4-7-10-13-16-19-22-25-26-29-32-35-38-41-44-47-56(60)67-53(49-63-54(58)45-42-39-36-33-30-27-23-20-17-14-11-8-5-2)51-65-68(61,62)64-50-52(48-57)66-55(59)46-43-40-37-34-31-28-24-21-18-15-12-9-6-3/h20,23,52-53,57H,4-19,21-22,24-51H2,1-3H3,(H,61,62)/b23-20-. The number of hydrogen-bond donors (Lipinski definition) is 2.